The highest BCUT2D eigenvalue weighted by molar-refractivity contribution is 6.35. The fraction of sp³-hybridized carbons (Fsp3) is 0.818. The van der Waals surface area contributed by atoms with Crippen LogP contribution in [0.4, 0.5) is 0 Å². The zero-order valence-corrected chi connectivity index (χ0v) is 9.89. The Hall–Kier alpha value is -1.14. The van der Waals surface area contributed by atoms with E-state index < -0.39 is 11.8 Å². The minimum absolute atomic E-state index is 0.0550. The Morgan fingerprint density at radius 1 is 1.18 bits per heavy atom. The monoisotopic (exact) mass is 241 g/mol. The van der Waals surface area contributed by atoms with Gasteiger partial charge in [-0.15, -0.1) is 0 Å². The Bertz CT molecular complexity index is 302. The highest BCUT2D eigenvalue weighted by Crippen LogP contribution is 2.17. The molecule has 1 unspecified atom stereocenters. The van der Waals surface area contributed by atoms with E-state index in [-0.39, 0.29) is 12.6 Å². The van der Waals surface area contributed by atoms with E-state index in [1.54, 1.807) is 4.90 Å². The summed E-state index contributed by atoms with van der Waals surface area (Å²) in [6.07, 6.45) is 1.66. The number of hydrogen-bond donors (Lipinski definition) is 2. The van der Waals surface area contributed by atoms with Crippen LogP contribution in [0.2, 0.25) is 0 Å². The van der Waals surface area contributed by atoms with Crippen LogP contribution in [0, 0.1) is 0 Å². The standard InChI is InChI=1S/C11H19N3O3/c15-8-9-2-1-5-14(9)11(17)10(16)13-6-3-12-4-7-13/h9,12,15H,1-8H2. The molecule has 0 aromatic rings. The van der Waals surface area contributed by atoms with Gasteiger partial charge in [-0.3, -0.25) is 9.59 Å². The Morgan fingerprint density at radius 2 is 1.88 bits per heavy atom. The largest absolute Gasteiger partial charge is 0.394 e. The lowest BCUT2D eigenvalue weighted by atomic mass is 10.2. The Kier molecular flexibility index (Phi) is 3.96. The van der Waals surface area contributed by atoms with Gasteiger partial charge in [-0.1, -0.05) is 0 Å². The molecule has 0 saturated carbocycles. The lowest BCUT2D eigenvalue weighted by molar-refractivity contribution is -0.153. The van der Waals surface area contributed by atoms with Crippen molar-refractivity contribution in [2.24, 2.45) is 0 Å². The molecule has 0 spiro atoms. The van der Waals surface area contributed by atoms with E-state index in [1.807, 2.05) is 0 Å². The molecule has 2 aliphatic heterocycles. The van der Waals surface area contributed by atoms with Crippen molar-refractivity contribution in [2.45, 2.75) is 18.9 Å². The molecule has 0 aromatic heterocycles. The summed E-state index contributed by atoms with van der Waals surface area (Å²) >= 11 is 0. The van der Waals surface area contributed by atoms with Crippen molar-refractivity contribution in [3.05, 3.63) is 0 Å². The number of aliphatic hydroxyl groups is 1. The summed E-state index contributed by atoms with van der Waals surface area (Å²) in [7, 11) is 0. The van der Waals surface area contributed by atoms with Crippen molar-refractivity contribution in [2.75, 3.05) is 39.3 Å². The third-order valence-corrected chi connectivity index (χ3v) is 3.44. The summed E-state index contributed by atoms with van der Waals surface area (Å²) in [5.41, 5.74) is 0. The normalized spacial score (nSPS) is 25.1. The van der Waals surface area contributed by atoms with E-state index in [2.05, 4.69) is 5.32 Å². The predicted molar refractivity (Wildman–Crippen MR) is 61.3 cm³/mol. The maximum absolute atomic E-state index is 12.0. The first kappa shape index (κ1) is 12.3. The second kappa shape index (κ2) is 5.46. The third-order valence-electron chi connectivity index (χ3n) is 3.44. The van der Waals surface area contributed by atoms with Crippen LogP contribution in [0.1, 0.15) is 12.8 Å². The molecular formula is C11H19N3O3. The number of piperazine rings is 1. The van der Waals surface area contributed by atoms with Crippen LogP contribution in [0.3, 0.4) is 0 Å². The molecule has 2 aliphatic rings. The highest BCUT2D eigenvalue weighted by atomic mass is 16.3. The molecule has 1 atom stereocenters. The van der Waals surface area contributed by atoms with Gasteiger partial charge in [0, 0.05) is 32.7 Å². The molecule has 2 heterocycles. The molecule has 96 valence electrons. The molecule has 0 aliphatic carbocycles. The van der Waals surface area contributed by atoms with Crippen LogP contribution in [-0.2, 0) is 9.59 Å². The van der Waals surface area contributed by atoms with Crippen molar-refractivity contribution in [1.82, 2.24) is 15.1 Å². The van der Waals surface area contributed by atoms with E-state index in [0.717, 1.165) is 25.9 Å². The number of nitrogens with one attached hydrogen (secondary N) is 1. The quantitative estimate of drug-likeness (QED) is 0.542. The second-order valence-electron chi connectivity index (χ2n) is 4.52. The second-order valence-corrected chi connectivity index (χ2v) is 4.52. The van der Waals surface area contributed by atoms with Crippen molar-refractivity contribution in [3.8, 4) is 0 Å². The highest BCUT2D eigenvalue weighted by Gasteiger charge is 2.34. The Balaban J connectivity index is 1.96. The summed E-state index contributed by atoms with van der Waals surface area (Å²) in [6.45, 7) is 3.18. The molecule has 2 saturated heterocycles. The number of rotatable bonds is 1. The van der Waals surface area contributed by atoms with Crippen molar-refractivity contribution >= 4 is 11.8 Å². The average Bonchev–Trinajstić information content (AvgIpc) is 2.86. The Labute approximate surface area is 101 Å². The zero-order chi connectivity index (χ0) is 12.3. The molecule has 2 rings (SSSR count). The van der Waals surface area contributed by atoms with Gasteiger partial charge in [0.15, 0.2) is 0 Å². The van der Waals surface area contributed by atoms with Gasteiger partial charge < -0.3 is 20.2 Å². The van der Waals surface area contributed by atoms with E-state index >= 15 is 0 Å². The number of nitrogens with zero attached hydrogens (tertiary/aromatic N) is 2. The van der Waals surface area contributed by atoms with Crippen molar-refractivity contribution in [3.63, 3.8) is 0 Å². The summed E-state index contributed by atoms with van der Waals surface area (Å²) in [5, 5.41) is 12.3. The van der Waals surface area contributed by atoms with Gasteiger partial charge >= 0.3 is 11.8 Å². The van der Waals surface area contributed by atoms with Crippen LogP contribution < -0.4 is 5.32 Å². The fourth-order valence-corrected chi connectivity index (χ4v) is 2.42. The lowest BCUT2D eigenvalue weighted by Crippen LogP contribution is -2.53. The van der Waals surface area contributed by atoms with Gasteiger partial charge in [-0.2, -0.15) is 0 Å². The molecule has 0 bridgehead atoms. The zero-order valence-electron chi connectivity index (χ0n) is 9.89. The SMILES string of the molecule is O=C(C(=O)N1CCCC1CO)N1CCNCC1. The lowest BCUT2D eigenvalue weighted by Gasteiger charge is -2.30. The summed E-state index contributed by atoms with van der Waals surface area (Å²) in [4.78, 5) is 27.1. The smallest absolute Gasteiger partial charge is 0.312 e. The molecule has 2 amide bonds. The van der Waals surface area contributed by atoms with E-state index in [9.17, 15) is 9.59 Å². The first-order chi connectivity index (χ1) is 8.24. The van der Waals surface area contributed by atoms with Crippen LogP contribution >= 0.6 is 0 Å². The molecule has 0 radical (unpaired) electrons. The fourth-order valence-electron chi connectivity index (χ4n) is 2.42. The van der Waals surface area contributed by atoms with E-state index in [4.69, 9.17) is 5.11 Å². The number of aliphatic hydroxyl groups excluding tert-OH is 1. The van der Waals surface area contributed by atoms with Gasteiger partial charge in [0.1, 0.15) is 0 Å². The first-order valence-corrected chi connectivity index (χ1v) is 6.15. The van der Waals surface area contributed by atoms with Gasteiger partial charge in [0.25, 0.3) is 0 Å². The van der Waals surface area contributed by atoms with Gasteiger partial charge in [0.2, 0.25) is 0 Å². The molecule has 17 heavy (non-hydrogen) atoms. The maximum Gasteiger partial charge on any atom is 0.312 e. The first-order valence-electron chi connectivity index (χ1n) is 6.15. The van der Waals surface area contributed by atoms with Crippen LogP contribution in [0.5, 0.6) is 0 Å². The van der Waals surface area contributed by atoms with Crippen LogP contribution in [0.15, 0.2) is 0 Å². The topological polar surface area (TPSA) is 72.9 Å². The number of carbonyl (C=O) groups excluding carboxylic acids is 2. The summed E-state index contributed by atoms with van der Waals surface area (Å²) < 4.78 is 0. The molecule has 0 aromatic carbocycles. The van der Waals surface area contributed by atoms with E-state index in [1.165, 1.54) is 4.90 Å². The van der Waals surface area contributed by atoms with Gasteiger partial charge in [-0.25, -0.2) is 0 Å². The van der Waals surface area contributed by atoms with E-state index in [0.29, 0.717) is 19.6 Å². The molecule has 2 N–H and O–H groups in total. The summed E-state index contributed by atoms with van der Waals surface area (Å²) in [6, 6.07) is -0.172. The molecule has 6 heteroatoms. The average molecular weight is 241 g/mol. The number of likely N-dealkylation sites (tertiary alicyclic amines) is 1. The van der Waals surface area contributed by atoms with Crippen LogP contribution in [-0.4, -0.2) is 72.1 Å². The predicted octanol–water partition coefficient (Wildman–Crippen LogP) is -1.60. The molecule has 2 fully saturated rings. The minimum Gasteiger partial charge on any atom is -0.394 e. The Morgan fingerprint density at radius 3 is 2.53 bits per heavy atom. The minimum atomic E-state index is -0.455. The number of amides is 2. The third kappa shape index (κ3) is 2.58. The summed E-state index contributed by atoms with van der Waals surface area (Å²) in [5.74, 6) is -0.879. The van der Waals surface area contributed by atoms with Crippen LogP contribution in [0.25, 0.3) is 0 Å². The van der Waals surface area contributed by atoms with Gasteiger partial charge in [-0.05, 0) is 12.8 Å². The van der Waals surface area contributed by atoms with Crippen molar-refractivity contribution < 1.29 is 14.7 Å². The number of carbonyl (C=O) groups is 2. The van der Waals surface area contributed by atoms with Gasteiger partial charge in [0.05, 0.1) is 12.6 Å². The van der Waals surface area contributed by atoms with Crippen molar-refractivity contribution in [1.29, 1.82) is 0 Å². The number of hydrogen-bond acceptors (Lipinski definition) is 4. The maximum atomic E-state index is 12.0. The molecule has 6 nitrogen and oxygen atoms in total. The molecular weight excluding hydrogens is 222 g/mol.